The molecule has 9 heteroatoms. The fourth-order valence-corrected chi connectivity index (χ4v) is 8.46. The van der Waals surface area contributed by atoms with Crippen LogP contribution in [0.5, 0.6) is 11.5 Å². The van der Waals surface area contributed by atoms with Crippen molar-refractivity contribution < 1.29 is 33.0 Å². The fraction of sp³-hybridized carbons (Fsp3) is 0.113. The number of hydrogen-bond acceptors (Lipinski definition) is 6. The van der Waals surface area contributed by atoms with Crippen LogP contribution in [0.2, 0.25) is 0 Å². The highest BCUT2D eigenvalue weighted by molar-refractivity contribution is 6.88. The van der Waals surface area contributed by atoms with Crippen LogP contribution in [0.15, 0.2) is 146 Å². The smallest absolute Gasteiger partial charge is 0.497 e. The van der Waals surface area contributed by atoms with Gasteiger partial charge in [-0.15, -0.1) is 11.8 Å². The van der Waals surface area contributed by atoms with Crippen molar-refractivity contribution in [2.75, 3.05) is 27.4 Å². The monoisotopic (exact) mass is 812 g/mol. The van der Waals surface area contributed by atoms with E-state index in [2.05, 4.69) is 111 Å². The first-order valence-corrected chi connectivity index (χ1v) is 20.5. The zero-order chi connectivity index (χ0) is 42.8. The summed E-state index contributed by atoms with van der Waals surface area (Å²) in [5, 5.41) is 2.09. The summed E-state index contributed by atoms with van der Waals surface area (Å²) in [6.07, 6.45) is -0.243. The van der Waals surface area contributed by atoms with E-state index in [4.69, 9.17) is 18.9 Å². The molecule has 0 saturated carbocycles. The molecule has 0 bridgehead atoms. The summed E-state index contributed by atoms with van der Waals surface area (Å²) in [6.45, 7) is 4.13. The van der Waals surface area contributed by atoms with E-state index in [1.165, 1.54) is 0 Å². The van der Waals surface area contributed by atoms with E-state index < -0.39 is 18.4 Å². The van der Waals surface area contributed by atoms with Crippen molar-refractivity contribution >= 4 is 46.6 Å². The number of benzene rings is 6. The SMILES string of the molecule is CCOC(=O)c1ccc(C#C[B-]2(C#Cc3ccc(C(=O)OCC)cc3)n3c(c4ccccc4c3-c3ccc(OC)cc3)C=C3c4ccccc4C(c4ccc(OC)cc4)=[N+]32)cc1. The highest BCUT2D eigenvalue weighted by Gasteiger charge is 2.51. The van der Waals surface area contributed by atoms with Crippen LogP contribution in [0.25, 0.3) is 33.8 Å². The van der Waals surface area contributed by atoms with E-state index in [0.717, 1.165) is 67.3 Å². The van der Waals surface area contributed by atoms with Gasteiger partial charge < -0.3 is 27.9 Å². The van der Waals surface area contributed by atoms with Crippen molar-refractivity contribution in [2.24, 2.45) is 0 Å². The number of ether oxygens (including phenoxy) is 4. The number of hydrogen-bond donors (Lipinski definition) is 0. The van der Waals surface area contributed by atoms with Crippen molar-refractivity contribution in [1.82, 2.24) is 4.48 Å². The highest BCUT2D eigenvalue weighted by Crippen LogP contribution is 2.46. The number of nitrogens with zero attached hydrogens (tertiary/aromatic N) is 2. The second kappa shape index (κ2) is 16.6. The predicted molar refractivity (Wildman–Crippen MR) is 244 cm³/mol. The maximum absolute atomic E-state index is 12.7. The summed E-state index contributed by atoms with van der Waals surface area (Å²) in [5.41, 5.74) is 10.1. The lowest BCUT2D eigenvalue weighted by Gasteiger charge is -2.37. The maximum Gasteiger partial charge on any atom is 0.521 e. The summed E-state index contributed by atoms with van der Waals surface area (Å²) in [6, 6.07) is 47.3. The number of fused-ring (bicyclic) bond motifs is 6. The van der Waals surface area contributed by atoms with Crippen molar-refractivity contribution in [1.29, 1.82) is 0 Å². The molecule has 0 unspecified atom stereocenters. The molecule has 302 valence electrons. The Morgan fingerprint density at radius 3 is 1.58 bits per heavy atom. The lowest BCUT2D eigenvalue weighted by atomic mass is 9.45. The van der Waals surface area contributed by atoms with Crippen LogP contribution in [-0.4, -0.2) is 60.5 Å². The molecule has 3 heterocycles. The molecule has 6 aromatic carbocycles. The van der Waals surface area contributed by atoms with Gasteiger partial charge in [-0.3, -0.25) is 0 Å². The van der Waals surface area contributed by atoms with Gasteiger partial charge in [0.05, 0.1) is 49.7 Å². The zero-order valence-electron chi connectivity index (χ0n) is 34.8. The Bertz CT molecular complexity index is 3000. The van der Waals surface area contributed by atoms with Gasteiger partial charge in [0.15, 0.2) is 11.4 Å². The molecule has 0 aliphatic carbocycles. The Kier molecular flexibility index (Phi) is 10.5. The third kappa shape index (κ3) is 6.90. The standard InChI is InChI=1S/C53H41BN2O6/c1-5-61-52(57)40-19-15-36(16-20-40)31-33-54(34-32-37-17-21-41(22-18-37)53(58)62-6-2)55-48(44-11-7-9-13-46(44)50(55)38-23-27-42(59-3)28-24-38)35-49-45-12-8-10-14-47(45)51(56(49)54)39-25-29-43(60-4)30-26-39/h7-30,35H,5-6H2,1-4H3. The first-order valence-electron chi connectivity index (χ1n) is 20.5. The average molecular weight is 813 g/mol. The summed E-state index contributed by atoms with van der Waals surface area (Å²) in [5.74, 6) is 15.5. The fourth-order valence-electron chi connectivity index (χ4n) is 8.46. The van der Waals surface area contributed by atoms with E-state index >= 15 is 0 Å². The minimum absolute atomic E-state index is 0.279. The van der Waals surface area contributed by atoms with Gasteiger partial charge in [0.25, 0.3) is 0 Å². The molecule has 0 radical (unpaired) electrons. The van der Waals surface area contributed by atoms with E-state index in [1.807, 2.05) is 48.5 Å². The van der Waals surface area contributed by atoms with E-state index in [1.54, 1.807) is 52.3 Å². The molecule has 2 aliphatic heterocycles. The van der Waals surface area contributed by atoms with Crippen LogP contribution in [0, 0.1) is 23.5 Å². The van der Waals surface area contributed by atoms with Gasteiger partial charge in [0.1, 0.15) is 11.5 Å². The Morgan fingerprint density at radius 1 is 0.581 bits per heavy atom. The number of aromatic nitrogens is 1. The van der Waals surface area contributed by atoms with Gasteiger partial charge in [-0.1, -0.05) is 36.4 Å². The zero-order valence-corrected chi connectivity index (χ0v) is 34.8. The van der Waals surface area contributed by atoms with Crippen LogP contribution >= 0.6 is 0 Å². The molecule has 0 N–H and O–H groups in total. The second-order valence-corrected chi connectivity index (χ2v) is 14.8. The van der Waals surface area contributed by atoms with E-state index in [9.17, 15) is 9.59 Å². The molecule has 0 spiro atoms. The van der Waals surface area contributed by atoms with Crippen molar-refractivity contribution in [3.8, 4) is 46.2 Å². The molecule has 0 atom stereocenters. The Morgan fingerprint density at radius 2 is 1.06 bits per heavy atom. The van der Waals surface area contributed by atoms with Crippen LogP contribution in [-0.2, 0) is 9.47 Å². The minimum atomic E-state index is -2.50. The first kappa shape index (κ1) is 39.5. The van der Waals surface area contributed by atoms with E-state index in [-0.39, 0.29) is 13.2 Å². The van der Waals surface area contributed by atoms with Crippen LogP contribution in [0.1, 0.15) is 68.1 Å². The van der Waals surface area contributed by atoms with Gasteiger partial charge in [0, 0.05) is 44.9 Å². The Labute approximate surface area is 360 Å². The lowest BCUT2D eigenvalue weighted by Crippen LogP contribution is -2.56. The van der Waals surface area contributed by atoms with Gasteiger partial charge in [-0.25, -0.2) is 9.59 Å². The first-order chi connectivity index (χ1) is 30.4. The molecule has 0 fully saturated rings. The molecule has 0 amide bonds. The molecule has 1 aromatic heterocycles. The van der Waals surface area contributed by atoms with Gasteiger partial charge in [-0.05, 0) is 129 Å². The summed E-state index contributed by atoms with van der Waals surface area (Å²) < 4.78 is 26.4. The molecule has 8 nitrogen and oxygen atoms in total. The highest BCUT2D eigenvalue weighted by atomic mass is 16.5. The van der Waals surface area contributed by atoms with Crippen LogP contribution in [0.4, 0.5) is 0 Å². The third-order valence-electron chi connectivity index (χ3n) is 11.3. The van der Waals surface area contributed by atoms with Crippen molar-refractivity contribution in [2.45, 2.75) is 13.8 Å². The molecule has 0 saturated heterocycles. The number of carbonyl (C=O) groups is 2. The third-order valence-corrected chi connectivity index (χ3v) is 11.3. The summed E-state index contributed by atoms with van der Waals surface area (Å²) in [4.78, 5) is 25.3. The van der Waals surface area contributed by atoms with Crippen LogP contribution < -0.4 is 9.47 Å². The Balaban J connectivity index is 1.42. The number of rotatable bonds is 8. The lowest BCUT2D eigenvalue weighted by molar-refractivity contribution is -0.279. The quantitative estimate of drug-likeness (QED) is 0.0865. The average Bonchev–Trinajstić information content (AvgIpc) is 3.84. The van der Waals surface area contributed by atoms with Gasteiger partial charge in [0.2, 0.25) is 0 Å². The molecule has 9 rings (SSSR count). The van der Waals surface area contributed by atoms with E-state index in [0.29, 0.717) is 22.3 Å². The van der Waals surface area contributed by atoms with Crippen molar-refractivity contribution in [3.05, 3.63) is 190 Å². The number of esters is 2. The summed E-state index contributed by atoms with van der Waals surface area (Å²) in [7, 11) is 3.32. The molecule has 2 aliphatic rings. The summed E-state index contributed by atoms with van der Waals surface area (Å²) >= 11 is 0. The normalized spacial score (nSPS) is 13.0. The molecular formula is C53H41BN2O6. The minimum Gasteiger partial charge on any atom is -0.497 e. The molecule has 62 heavy (non-hydrogen) atoms. The molecule has 7 aromatic rings. The Hall–Kier alpha value is -8.01. The molecular weight excluding hydrogens is 771 g/mol. The second-order valence-electron chi connectivity index (χ2n) is 14.8. The number of carbonyl (C=O) groups excluding carboxylic acids is 2. The predicted octanol–water partition coefficient (Wildman–Crippen LogP) is 9.53. The van der Waals surface area contributed by atoms with Gasteiger partial charge >= 0.3 is 18.4 Å². The van der Waals surface area contributed by atoms with Gasteiger partial charge in [-0.2, -0.15) is 11.6 Å². The van der Waals surface area contributed by atoms with Crippen LogP contribution in [0.3, 0.4) is 0 Å². The number of methoxy groups -OCH3 is 2. The maximum atomic E-state index is 12.7. The van der Waals surface area contributed by atoms with Crippen molar-refractivity contribution in [3.63, 3.8) is 0 Å². The largest absolute Gasteiger partial charge is 0.521 e. The topological polar surface area (TPSA) is 79.0 Å².